The second-order valence-corrected chi connectivity index (χ2v) is 5.95. The maximum Gasteiger partial charge on any atom is 0.0118 e. The molecule has 2 N–H and O–H groups in total. The molecule has 0 fully saturated rings. The van der Waals surface area contributed by atoms with E-state index in [4.69, 9.17) is 5.73 Å². The fourth-order valence-corrected chi connectivity index (χ4v) is 3.49. The predicted molar refractivity (Wildman–Crippen MR) is 69.9 cm³/mol. The molecule has 90 valence electrons. The summed E-state index contributed by atoms with van der Waals surface area (Å²) < 4.78 is 0. The number of nitrogens with two attached hydrogens (primary N) is 1. The lowest BCUT2D eigenvalue weighted by molar-refractivity contribution is 0.426. The molecule has 0 aliphatic heterocycles. The molecule has 0 saturated carbocycles. The van der Waals surface area contributed by atoms with Crippen LogP contribution in [0.3, 0.4) is 0 Å². The van der Waals surface area contributed by atoms with Crippen molar-refractivity contribution in [3.8, 4) is 0 Å². The molecule has 2 aliphatic rings. The van der Waals surface area contributed by atoms with Gasteiger partial charge >= 0.3 is 0 Å². The Bertz CT molecular complexity index is 324. The van der Waals surface area contributed by atoms with Crippen molar-refractivity contribution in [1.82, 2.24) is 0 Å². The second-order valence-electron chi connectivity index (χ2n) is 5.95. The van der Waals surface area contributed by atoms with Gasteiger partial charge < -0.3 is 5.73 Å². The fraction of sp³-hybridized carbons (Fsp3) is 0.733. The minimum Gasteiger partial charge on any atom is -0.402 e. The van der Waals surface area contributed by atoms with Gasteiger partial charge in [0.15, 0.2) is 0 Å². The van der Waals surface area contributed by atoms with E-state index in [1.54, 1.807) is 5.57 Å². The molecule has 0 saturated heterocycles. The molecule has 2 aliphatic carbocycles. The molecule has 3 atom stereocenters. The first kappa shape index (κ1) is 11.8. The summed E-state index contributed by atoms with van der Waals surface area (Å²) in [5.41, 5.74) is 10.5. The van der Waals surface area contributed by atoms with E-state index in [2.05, 4.69) is 26.8 Å². The van der Waals surface area contributed by atoms with Crippen molar-refractivity contribution >= 4 is 0 Å². The van der Waals surface area contributed by atoms with Gasteiger partial charge in [-0.25, -0.2) is 0 Å². The Morgan fingerprint density at radius 3 is 2.62 bits per heavy atom. The SMILES string of the molecule is CC1CC(C2=C(N)CCCC2C)=C[C@@H](C)C1. The summed E-state index contributed by atoms with van der Waals surface area (Å²) in [5.74, 6) is 2.23. The topological polar surface area (TPSA) is 26.0 Å². The van der Waals surface area contributed by atoms with Gasteiger partial charge in [-0.05, 0) is 61.0 Å². The minimum absolute atomic E-state index is 0.678. The van der Waals surface area contributed by atoms with Gasteiger partial charge in [-0.2, -0.15) is 0 Å². The lowest BCUT2D eigenvalue weighted by Crippen LogP contribution is -2.20. The molecular formula is C15H25N. The van der Waals surface area contributed by atoms with Crippen molar-refractivity contribution in [3.05, 3.63) is 22.9 Å². The molecule has 0 spiro atoms. The first-order valence-electron chi connectivity index (χ1n) is 6.77. The molecule has 0 bridgehead atoms. The Balaban J connectivity index is 2.29. The van der Waals surface area contributed by atoms with E-state index in [-0.39, 0.29) is 0 Å². The van der Waals surface area contributed by atoms with Crippen LogP contribution in [0.4, 0.5) is 0 Å². The lowest BCUT2D eigenvalue weighted by Gasteiger charge is -2.31. The molecule has 0 amide bonds. The van der Waals surface area contributed by atoms with Gasteiger partial charge in [-0.1, -0.05) is 26.8 Å². The van der Waals surface area contributed by atoms with Gasteiger partial charge in [0.25, 0.3) is 0 Å². The quantitative estimate of drug-likeness (QED) is 0.708. The van der Waals surface area contributed by atoms with Crippen LogP contribution in [0, 0.1) is 17.8 Å². The first-order valence-corrected chi connectivity index (χ1v) is 6.77. The van der Waals surface area contributed by atoms with E-state index < -0.39 is 0 Å². The van der Waals surface area contributed by atoms with Crippen LogP contribution in [0.1, 0.15) is 52.9 Å². The third-order valence-corrected chi connectivity index (χ3v) is 4.10. The smallest absolute Gasteiger partial charge is 0.0118 e. The largest absolute Gasteiger partial charge is 0.402 e. The fourth-order valence-electron chi connectivity index (χ4n) is 3.49. The standard InChI is InChI=1S/C15H25N/c1-10-7-11(2)9-13(8-10)15-12(3)5-4-6-14(15)16/h8,10-12H,4-7,9,16H2,1-3H3/t10-,11?,12?/m0/s1. The van der Waals surface area contributed by atoms with Gasteiger partial charge in [0, 0.05) is 5.70 Å². The monoisotopic (exact) mass is 219 g/mol. The van der Waals surface area contributed by atoms with Crippen molar-refractivity contribution in [1.29, 1.82) is 0 Å². The van der Waals surface area contributed by atoms with Crippen LogP contribution in [-0.2, 0) is 0 Å². The summed E-state index contributed by atoms with van der Waals surface area (Å²) in [4.78, 5) is 0. The van der Waals surface area contributed by atoms with Crippen LogP contribution in [0.5, 0.6) is 0 Å². The zero-order chi connectivity index (χ0) is 11.7. The first-order chi connectivity index (χ1) is 7.58. The van der Waals surface area contributed by atoms with Crippen molar-refractivity contribution in [2.45, 2.75) is 52.9 Å². The Morgan fingerprint density at radius 2 is 2.00 bits per heavy atom. The summed E-state index contributed by atoms with van der Waals surface area (Å²) in [6.07, 6.45) is 8.75. The third kappa shape index (κ3) is 2.34. The number of hydrogen-bond donors (Lipinski definition) is 1. The van der Waals surface area contributed by atoms with Gasteiger partial charge in [-0.15, -0.1) is 0 Å². The van der Waals surface area contributed by atoms with Gasteiger partial charge in [0.2, 0.25) is 0 Å². The molecular weight excluding hydrogens is 194 g/mol. The summed E-state index contributed by atoms with van der Waals surface area (Å²) in [5, 5.41) is 0. The van der Waals surface area contributed by atoms with Crippen LogP contribution in [0.2, 0.25) is 0 Å². The van der Waals surface area contributed by atoms with Crippen molar-refractivity contribution in [3.63, 3.8) is 0 Å². The molecule has 0 aromatic carbocycles. The zero-order valence-electron chi connectivity index (χ0n) is 10.9. The Hall–Kier alpha value is -0.720. The van der Waals surface area contributed by atoms with E-state index in [1.807, 2.05) is 0 Å². The lowest BCUT2D eigenvalue weighted by atomic mass is 9.75. The summed E-state index contributed by atoms with van der Waals surface area (Å²) in [6.45, 7) is 7.04. The zero-order valence-corrected chi connectivity index (χ0v) is 10.9. The van der Waals surface area contributed by atoms with Crippen molar-refractivity contribution < 1.29 is 0 Å². The normalized spacial score (nSPS) is 36.2. The van der Waals surface area contributed by atoms with E-state index in [9.17, 15) is 0 Å². The average molecular weight is 219 g/mol. The molecule has 1 heteroatoms. The summed E-state index contributed by atoms with van der Waals surface area (Å²) >= 11 is 0. The van der Waals surface area contributed by atoms with E-state index in [0.717, 1.165) is 18.3 Å². The average Bonchev–Trinajstić information content (AvgIpc) is 2.15. The number of hydrogen-bond acceptors (Lipinski definition) is 1. The minimum atomic E-state index is 0.678. The highest BCUT2D eigenvalue weighted by molar-refractivity contribution is 5.38. The van der Waals surface area contributed by atoms with Gasteiger partial charge in [-0.3, -0.25) is 0 Å². The molecule has 0 aromatic heterocycles. The van der Waals surface area contributed by atoms with Crippen LogP contribution >= 0.6 is 0 Å². The van der Waals surface area contributed by atoms with Crippen molar-refractivity contribution in [2.24, 2.45) is 23.5 Å². The molecule has 1 nitrogen and oxygen atoms in total. The molecule has 0 heterocycles. The predicted octanol–water partition coefficient (Wildman–Crippen LogP) is 4.01. The van der Waals surface area contributed by atoms with Gasteiger partial charge in [0.1, 0.15) is 0 Å². The van der Waals surface area contributed by atoms with Crippen LogP contribution in [-0.4, -0.2) is 0 Å². The Morgan fingerprint density at radius 1 is 1.25 bits per heavy atom. The highest BCUT2D eigenvalue weighted by atomic mass is 14.6. The van der Waals surface area contributed by atoms with Gasteiger partial charge in [0.05, 0.1) is 0 Å². The van der Waals surface area contributed by atoms with E-state index in [1.165, 1.54) is 37.0 Å². The highest BCUT2D eigenvalue weighted by Gasteiger charge is 2.25. The maximum absolute atomic E-state index is 6.23. The molecule has 2 rings (SSSR count). The Kier molecular flexibility index (Phi) is 3.41. The number of rotatable bonds is 1. The van der Waals surface area contributed by atoms with Crippen LogP contribution in [0.15, 0.2) is 22.9 Å². The summed E-state index contributed by atoms with van der Waals surface area (Å²) in [7, 11) is 0. The molecule has 0 radical (unpaired) electrons. The van der Waals surface area contributed by atoms with Crippen molar-refractivity contribution in [2.75, 3.05) is 0 Å². The van der Waals surface area contributed by atoms with E-state index >= 15 is 0 Å². The third-order valence-electron chi connectivity index (χ3n) is 4.10. The Labute approximate surface area is 99.8 Å². The second kappa shape index (κ2) is 4.65. The molecule has 16 heavy (non-hydrogen) atoms. The van der Waals surface area contributed by atoms with E-state index in [0.29, 0.717) is 5.92 Å². The molecule has 0 aromatic rings. The molecule has 2 unspecified atom stereocenters. The van der Waals surface area contributed by atoms with Crippen LogP contribution in [0.25, 0.3) is 0 Å². The highest BCUT2D eigenvalue weighted by Crippen LogP contribution is 2.39. The number of allylic oxidation sites excluding steroid dienone is 4. The maximum atomic E-state index is 6.23. The summed E-state index contributed by atoms with van der Waals surface area (Å²) in [6, 6.07) is 0. The van der Waals surface area contributed by atoms with Crippen LogP contribution < -0.4 is 5.73 Å².